The summed E-state index contributed by atoms with van der Waals surface area (Å²) < 4.78 is 37.7. The first-order valence-electron chi connectivity index (χ1n) is 12.0. The molecule has 0 aliphatic carbocycles. The van der Waals surface area contributed by atoms with Gasteiger partial charge in [-0.2, -0.15) is 0 Å². The number of nitrogens with zero attached hydrogens (tertiary/aromatic N) is 2. The van der Waals surface area contributed by atoms with Gasteiger partial charge in [0.15, 0.2) is 11.5 Å². The topological polar surface area (TPSA) is 105 Å². The van der Waals surface area contributed by atoms with Gasteiger partial charge in [0.2, 0.25) is 21.8 Å². The van der Waals surface area contributed by atoms with E-state index in [2.05, 4.69) is 5.32 Å². The Labute approximate surface area is 213 Å². The predicted octanol–water partition coefficient (Wildman–Crippen LogP) is 2.86. The summed E-state index contributed by atoms with van der Waals surface area (Å²) in [5, 5.41) is 2.88. The number of benzene rings is 2. The minimum Gasteiger partial charge on any atom is -0.486 e. The molecule has 1 aliphatic rings. The first-order valence-corrected chi connectivity index (χ1v) is 13.9. The quantitative estimate of drug-likeness (QED) is 0.520. The normalized spacial score (nSPS) is 13.7. The molecule has 3 rings (SSSR count). The second kappa shape index (κ2) is 11.6. The van der Waals surface area contributed by atoms with Gasteiger partial charge < -0.3 is 19.7 Å². The summed E-state index contributed by atoms with van der Waals surface area (Å²) in [7, 11) is -3.83. The van der Waals surface area contributed by atoms with E-state index in [1.165, 1.54) is 4.90 Å². The van der Waals surface area contributed by atoms with Crippen molar-refractivity contribution in [2.75, 3.05) is 30.3 Å². The highest BCUT2D eigenvalue weighted by Gasteiger charge is 2.32. The summed E-state index contributed by atoms with van der Waals surface area (Å²) in [5.74, 6) is 0.168. The molecule has 1 unspecified atom stereocenters. The molecule has 1 aliphatic heterocycles. The van der Waals surface area contributed by atoms with E-state index in [4.69, 9.17) is 9.47 Å². The molecule has 36 heavy (non-hydrogen) atoms. The van der Waals surface area contributed by atoms with Gasteiger partial charge in [-0.1, -0.05) is 36.8 Å². The Bertz CT molecular complexity index is 1180. The first kappa shape index (κ1) is 27.3. The van der Waals surface area contributed by atoms with Gasteiger partial charge in [-0.15, -0.1) is 0 Å². The molecule has 0 bridgehead atoms. The van der Waals surface area contributed by atoms with Gasteiger partial charge in [-0.05, 0) is 44.9 Å². The van der Waals surface area contributed by atoms with Crippen LogP contribution in [0.2, 0.25) is 0 Å². The SMILES string of the molecule is CCC(C(=O)NC(C)C)N(Cc1ccc(C)cc1)C(=O)CN(c1ccc2c(c1)OCCO2)S(C)(=O)=O. The van der Waals surface area contributed by atoms with Gasteiger partial charge in [0.1, 0.15) is 25.8 Å². The van der Waals surface area contributed by atoms with E-state index in [1.54, 1.807) is 18.2 Å². The minimum atomic E-state index is -3.83. The molecule has 0 fully saturated rings. The number of carbonyl (C=O) groups excluding carboxylic acids is 2. The first-order chi connectivity index (χ1) is 17.0. The fourth-order valence-corrected chi connectivity index (χ4v) is 4.83. The molecule has 10 heteroatoms. The van der Waals surface area contributed by atoms with Crippen LogP contribution in [0.5, 0.6) is 11.5 Å². The highest BCUT2D eigenvalue weighted by molar-refractivity contribution is 7.92. The average molecular weight is 518 g/mol. The Morgan fingerprint density at radius 1 is 1.03 bits per heavy atom. The van der Waals surface area contributed by atoms with Crippen molar-refractivity contribution in [1.29, 1.82) is 0 Å². The van der Waals surface area contributed by atoms with Crippen LogP contribution in [-0.4, -0.2) is 63.2 Å². The van der Waals surface area contributed by atoms with Crippen LogP contribution in [0, 0.1) is 6.92 Å². The Morgan fingerprint density at radius 3 is 2.25 bits per heavy atom. The second-order valence-electron chi connectivity index (χ2n) is 9.19. The predicted molar refractivity (Wildman–Crippen MR) is 139 cm³/mol. The van der Waals surface area contributed by atoms with E-state index in [9.17, 15) is 18.0 Å². The maximum atomic E-state index is 13.7. The lowest BCUT2D eigenvalue weighted by Crippen LogP contribution is -2.53. The molecule has 1 atom stereocenters. The number of fused-ring (bicyclic) bond motifs is 1. The van der Waals surface area contributed by atoms with Crippen molar-refractivity contribution >= 4 is 27.5 Å². The number of ether oxygens (including phenoxy) is 2. The highest BCUT2D eigenvalue weighted by atomic mass is 32.2. The second-order valence-corrected chi connectivity index (χ2v) is 11.1. The number of hydrogen-bond acceptors (Lipinski definition) is 6. The van der Waals surface area contributed by atoms with Gasteiger partial charge in [0.25, 0.3) is 0 Å². The van der Waals surface area contributed by atoms with Crippen LogP contribution < -0.4 is 19.1 Å². The number of hydrogen-bond donors (Lipinski definition) is 1. The summed E-state index contributed by atoms with van der Waals surface area (Å²) in [6, 6.07) is 11.6. The molecule has 0 radical (unpaired) electrons. The molecule has 1 heterocycles. The lowest BCUT2D eigenvalue weighted by atomic mass is 10.1. The van der Waals surface area contributed by atoms with Crippen LogP contribution in [0.25, 0.3) is 0 Å². The van der Waals surface area contributed by atoms with Crippen LogP contribution >= 0.6 is 0 Å². The molecule has 2 aromatic rings. The maximum absolute atomic E-state index is 13.7. The molecule has 2 aromatic carbocycles. The Morgan fingerprint density at radius 2 is 1.67 bits per heavy atom. The molecule has 196 valence electrons. The van der Waals surface area contributed by atoms with Crippen LogP contribution in [0.4, 0.5) is 5.69 Å². The van der Waals surface area contributed by atoms with Gasteiger partial charge in [-0.3, -0.25) is 13.9 Å². The fourth-order valence-electron chi connectivity index (χ4n) is 3.99. The zero-order valence-corrected chi connectivity index (χ0v) is 22.3. The summed E-state index contributed by atoms with van der Waals surface area (Å²) >= 11 is 0. The lowest BCUT2D eigenvalue weighted by molar-refractivity contribution is -0.140. The van der Waals surface area contributed by atoms with Crippen molar-refractivity contribution in [1.82, 2.24) is 10.2 Å². The van der Waals surface area contributed by atoms with Crippen LogP contribution in [-0.2, 0) is 26.2 Å². The van der Waals surface area contributed by atoms with Crippen molar-refractivity contribution in [2.24, 2.45) is 0 Å². The maximum Gasteiger partial charge on any atom is 0.244 e. The molecular formula is C26H35N3O6S. The minimum absolute atomic E-state index is 0.104. The summed E-state index contributed by atoms with van der Waals surface area (Å²) in [5.41, 5.74) is 2.20. The van der Waals surface area contributed by atoms with Crippen molar-refractivity contribution in [3.63, 3.8) is 0 Å². The Kier molecular flexibility index (Phi) is 8.84. The zero-order chi connectivity index (χ0) is 26.5. The number of amides is 2. The van der Waals surface area contributed by atoms with E-state index >= 15 is 0 Å². The Balaban J connectivity index is 1.95. The van der Waals surface area contributed by atoms with Gasteiger partial charge in [-0.25, -0.2) is 8.42 Å². The van der Waals surface area contributed by atoms with Crippen LogP contribution in [0.15, 0.2) is 42.5 Å². The van der Waals surface area contributed by atoms with Crippen LogP contribution in [0.1, 0.15) is 38.3 Å². The van der Waals surface area contributed by atoms with Crippen molar-refractivity contribution in [3.05, 3.63) is 53.6 Å². The van der Waals surface area contributed by atoms with Gasteiger partial charge in [0, 0.05) is 18.7 Å². The Hall–Kier alpha value is -3.27. The van der Waals surface area contributed by atoms with E-state index < -0.39 is 28.5 Å². The number of sulfonamides is 1. The monoisotopic (exact) mass is 517 g/mol. The molecule has 9 nitrogen and oxygen atoms in total. The lowest BCUT2D eigenvalue weighted by Gasteiger charge is -2.33. The third kappa shape index (κ3) is 6.90. The number of anilines is 1. The van der Waals surface area contributed by atoms with E-state index in [-0.39, 0.29) is 24.2 Å². The number of carbonyl (C=O) groups is 2. The number of rotatable bonds is 10. The third-order valence-corrected chi connectivity index (χ3v) is 6.92. The molecule has 0 aromatic heterocycles. The average Bonchev–Trinajstić information content (AvgIpc) is 2.82. The zero-order valence-electron chi connectivity index (χ0n) is 21.5. The van der Waals surface area contributed by atoms with E-state index in [0.717, 1.165) is 21.7 Å². The molecule has 0 saturated heterocycles. The number of nitrogens with one attached hydrogen (secondary N) is 1. The fraction of sp³-hybridized carbons (Fsp3) is 0.462. The smallest absolute Gasteiger partial charge is 0.244 e. The summed E-state index contributed by atoms with van der Waals surface area (Å²) in [6.07, 6.45) is 1.42. The molecule has 0 saturated carbocycles. The van der Waals surface area contributed by atoms with E-state index in [1.807, 2.05) is 52.0 Å². The van der Waals surface area contributed by atoms with Gasteiger partial charge in [0.05, 0.1) is 11.9 Å². The van der Waals surface area contributed by atoms with Crippen molar-refractivity contribution in [2.45, 2.75) is 52.7 Å². The molecule has 1 N–H and O–H groups in total. The number of aryl methyl sites for hydroxylation is 1. The van der Waals surface area contributed by atoms with Gasteiger partial charge >= 0.3 is 0 Å². The van der Waals surface area contributed by atoms with Crippen molar-refractivity contribution in [3.8, 4) is 11.5 Å². The largest absolute Gasteiger partial charge is 0.486 e. The van der Waals surface area contributed by atoms with E-state index in [0.29, 0.717) is 31.1 Å². The molecule has 2 amide bonds. The summed E-state index contributed by atoms with van der Waals surface area (Å²) in [6.45, 7) is 7.96. The molecular weight excluding hydrogens is 482 g/mol. The summed E-state index contributed by atoms with van der Waals surface area (Å²) in [4.78, 5) is 28.2. The third-order valence-electron chi connectivity index (χ3n) is 5.78. The standard InChI is InChI=1S/C26H35N3O6S/c1-6-22(26(31)27-18(2)3)28(16-20-9-7-19(4)8-10-20)25(30)17-29(36(5,32)33)21-11-12-23-24(15-21)35-14-13-34-23/h7-12,15,18,22H,6,13-14,16-17H2,1-5H3,(H,27,31). The van der Waals surface area contributed by atoms with Crippen molar-refractivity contribution < 1.29 is 27.5 Å². The highest BCUT2D eigenvalue weighted by Crippen LogP contribution is 2.34. The molecule has 0 spiro atoms. The van der Waals surface area contributed by atoms with Crippen LogP contribution in [0.3, 0.4) is 0 Å².